The van der Waals surface area contributed by atoms with E-state index in [9.17, 15) is 20.0 Å². The van der Waals surface area contributed by atoms with Gasteiger partial charge in [-0.25, -0.2) is 0 Å². The number of nitro groups is 1. The summed E-state index contributed by atoms with van der Waals surface area (Å²) in [6.07, 6.45) is 1.90. The van der Waals surface area contributed by atoms with Crippen LogP contribution in [0.5, 0.6) is 5.75 Å². The molecule has 0 bridgehead atoms. The Morgan fingerprint density at radius 2 is 1.83 bits per heavy atom. The van der Waals surface area contributed by atoms with Gasteiger partial charge in [0.05, 0.1) is 10.6 Å². The maximum Gasteiger partial charge on any atom is 0.262 e. The van der Waals surface area contributed by atoms with E-state index in [2.05, 4.69) is 9.89 Å². The van der Waals surface area contributed by atoms with Crippen molar-refractivity contribution in [3.05, 3.63) is 57.6 Å². The summed E-state index contributed by atoms with van der Waals surface area (Å²) in [6, 6.07) is 10.4. The molecule has 0 saturated carbocycles. The molecule has 0 atom stereocenters. The maximum absolute atomic E-state index is 12.2. The van der Waals surface area contributed by atoms with Crippen molar-refractivity contribution in [3.8, 4) is 5.75 Å². The molecule has 0 spiro atoms. The van der Waals surface area contributed by atoms with Crippen LogP contribution in [0.1, 0.15) is 24.5 Å². The lowest BCUT2D eigenvalue weighted by molar-refractivity contribution is -0.398. The number of hydrogen-bond donors (Lipinski definition) is 0. The summed E-state index contributed by atoms with van der Waals surface area (Å²) in [5.41, 5.74) is 2.08. The molecule has 2 aromatic carbocycles. The highest BCUT2D eigenvalue weighted by molar-refractivity contribution is 5.87. The Bertz CT molecular complexity index is 932. The monoisotopic (exact) mass is 395 g/mol. The van der Waals surface area contributed by atoms with Crippen LogP contribution < -0.4 is 10.0 Å². The third-order valence-electron chi connectivity index (χ3n) is 4.94. The van der Waals surface area contributed by atoms with E-state index in [1.54, 1.807) is 13.0 Å². The Hall–Kier alpha value is -3.42. The van der Waals surface area contributed by atoms with Crippen LogP contribution in [-0.2, 0) is 4.79 Å². The van der Waals surface area contributed by atoms with Crippen LogP contribution in [-0.4, -0.2) is 48.1 Å². The highest BCUT2D eigenvalue weighted by Crippen LogP contribution is 2.28. The standard InChI is InChI=1S/C21H24N4O4/c1-3-20(26)24-10-8-23(9-11-24)18-6-4-17(5-7-18)22-14-16-12-15(2)13-19(21(16)27)25(28)29/h4-7,12-14,27H,3,8-11H2,1-2H3/p-1. The van der Waals surface area contributed by atoms with Gasteiger partial charge in [-0.1, -0.05) is 13.0 Å². The molecule has 0 aliphatic carbocycles. The summed E-state index contributed by atoms with van der Waals surface area (Å²) in [5.74, 6) is -0.455. The molecule has 0 radical (unpaired) electrons. The lowest BCUT2D eigenvalue weighted by Crippen LogP contribution is -2.48. The van der Waals surface area contributed by atoms with Crippen LogP contribution in [0, 0.1) is 17.0 Å². The van der Waals surface area contributed by atoms with Crippen molar-refractivity contribution in [2.75, 3.05) is 31.1 Å². The Labute approximate surface area is 169 Å². The van der Waals surface area contributed by atoms with Gasteiger partial charge in [0.15, 0.2) is 0 Å². The molecule has 1 aliphatic rings. The lowest BCUT2D eigenvalue weighted by Gasteiger charge is -2.36. The number of benzene rings is 2. The Morgan fingerprint density at radius 3 is 2.41 bits per heavy atom. The highest BCUT2D eigenvalue weighted by atomic mass is 16.6. The lowest BCUT2D eigenvalue weighted by atomic mass is 10.1. The normalized spacial score (nSPS) is 14.4. The molecule has 1 fully saturated rings. The average Bonchev–Trinajstić information content (AvgIpc) is 2.73. The van der Waals surface area contributed by atoms with Gasteiger partial charge in [-0.2, -0.15) is 0 Å². The summed E-state index contributed by atoms with van der Waals surface area (Å²) in [6.45, 7) is 6.56. The first-order chi connectivity index (χ1) is 13.9. The Kier molecular flexibility index (Phi) is 6.11. The van der Waals surface area contributed by atoms with Crippen LogP contribution >= 0.6 is 0 Å². The molecule has 0 N–H and O–H groups in total. The second-order valence-electron chi connectivity index (χ2n) is 6.96. The number of hydrogen-bond acceptors (Lipinski definition) is 6. The molecule has 2 aromatic rings. The van der Waals surface area contributed by atoms with Gasteiger partial charge in [-0.05, 0) is 48.1 Å². The van der Waals surface area contributed by atoms with Crippen LogP contribution in [0.25, 0.3) is 0 Å². The van der Waals surface area contributed by atoms with E-state index >= 15 is 0 Å². The van der Waals surface area contributed by atoms with E-state index in [1.165, 1.54) is 12.3 Å². The largest absolute Gasteiger partial charge is 0.867 e. The van der Waals surface area contributed by atoms with Gasteiger partial charge in [-0.3, -0.25) is 19.9 Å². The minimum absolute atomic E-state index is 0.184. The number of aryl methyl sites for hydroxylation is 1. The predicted octanol–water partition coefficient (Wildman–Crippen LogP) is 2.79. The third-order valence-corrected chi connectivity index (χ3v) is 4.94. The van der Waals surface area contributed by atoms with Gasteiger partial charge >= 0.3 is 0 Å². The van der Waals surface area contributed by atoms with Crippen molar-refractivity contribution >= 4 is 29.2 Å². The summed E-state index contributed by atoms with van der Waals surface area (Å²) in [5, 5.41) is 23.2. The zero-order chi connectivity index (χ0) is 21.0. The smallest absolute Gasteiger partial charge is 0.262 e. The van der Waals surface area contributed by atoms with Gasteiger partial charge in [0.2, 0.25) is 5.91 Å². The van der Waals surface area contributed by atoms with Crippen molar-refractivity contribution in [2.24, 2.45) is 4.99 Å². The van der Waals surface area contributed by atoms with Gasteiger partial charge in [0.25, 0.3) is 5.69 Å². The number of carbonyl (C=O) groups is 1. The molecular formula is C21H23N4O4-. The number of carbonyl (C=O) groups excluding carboxylic acids is 1. The molecule has 29 heavy (non-hydrogen) atoms. The van der Waals surface area contributed by atoms with Crippen LogP contribution in [0.4, 0.5) is 17.1 Å². The molecule has 0 aromatic heterocycles. The van der Waals surface area contributed by atoms with Crippen molar-refractivity contribution in [2.45, 2.75) is 20.3 Å². The molecule has 8 heteroatoms. The first-order valence-corrected chi connectivity index (χ1v) is 9.52. The fourth-order valence-electron chi connectivity index (χ4n) is 3.34. The molecule has 8 nitrogen and oxygen atoms in total. The van der Waals surface area contributed by atoms with E-state index in [1.807, 2.05) is 36.1 Å². The van der Waals surface area contributed by atoms with Crippen molar-refractivity contribution < 1.29 is 14.8 Å². The average molecular weight is 395 g/mol. The molecule has 3 rings (SSSR count). The first-order valence-electron chi connectivity index (χ1n) is 9.52. The van der Waals surface area contributed by atoms with Gasteiger partial charge in [0, 0.05) is 50.6 Å². The second kappa shape index (κ2) is 8.72. The van der Waals surface area contributed by atoms with Crippen molar-refractivity contribution in [3.63, 3.8) is 0 Å². The number of piperazine rings is 1. The molecule has 152 valence electrons. The molecule has 1 heterocycles. The maximum atomic E-state index is 12.2. The SMILES string of the molecule is CCC(=O)N1CCN(c2ccc(N=Cc3cc(C)cc([N+](=O)[O-])c3[O-])cc2)CC1. The van der Waals surface area contributed by atoms with Gasteiger partial charge in [0.1, 0.15) is 0 Å². The second-order valence-corrected chi connectivity index (χ2v) is 6.96. The number of nitrogens with zero attached hydrogens (tertiary/aromatic N) is 4. The van der Waals surface area contributed by atoms with E-state index in [0.29, 0.717) is 30.8 Å². The number of anilines is 1. The Balaban J connectivity index is 1.69. The number of nitro benzene ring substituents is 1. The first kappa shape index (κ1) is 20.3. The number of aliphatic imine (C=N–C) groups is 1. The molecule has 1 saturated heterocycles. The zero-order valence-electron chi connectivity index (χ0n) is 16.5. The van der Waals surface area contributed by atoms with Crippen LogP contribution in [0.15, 0.2) is 41.4 Å². The quantitative estimate of drug-likeness (QED) is 0.440. The van der Waals surface area contributed by atoms with E-state index in [0.717, 1.165) is 18.8 Å². The minimum atomic E-state index is -0.671. The van der Waals surface area contributed by atoms with Crippen LogP contribution in [0.2, 0.25) is 0 Å². The summed E-state index contributed by atoms with van der Waals surface area (Å²) >= 11 is 0. The molecule has 1 aliphatic heterocycles. The van der Waals surface area contributed by atoms with E-state index in [4.69, 9.17) is 0 Å². The van der Waals surface area contributed by atoms with Crippen molar-refractivity contribution in [1.29, 1.82) is 0 Å². The van der Waals surface area contributed by atoms with Crippen molar-refractivity contribution in [1.82, 2.24) is 4.90 Å². The van der Waals surface area contributed by atoms with Gasteiger partial charge in [-0.15, -0.1) is 0 Å². The Morgan fingerprint density at radius 1 is 1.17 bits per heavy atom. The van der Waals surface area contributed by atoms with Crippen LogP contribution in [0.3, 0.4) is 0 Å². The minimum Gasteiger partial charge on any atom is -0.867 e. The summed E-state index contributed by atoms with van der Waals surface area (Å²) in [7, 11) is 0. The third kappa shape index (κ3) is 4.71. The fraction of sp³-hybridized carbons (Fsp3) is 0.333. The number of amides is 1. The van der Waals surface area contributed by atoms with Gasteiger partial charge < -0.3 is 14.9 Å². The molecular weight excluding hydrogens is 372 g/mol. The number of rotatable bonds is 5. The van der Waals surface area contributed by atoms with E-state index in [-0.39, 0.29) is 11.5 Å². The summed E-state index contributed by atoms with van der Waals surface area (Å²) < 4.78 is 0. The van der Waals surface area contributed by atoms with E-state index < -0.39 is 16.4 Å². The fourth-order valence-corrected chi connectivity index (χ4v) is 3.34. The molecule has 1 amide bonds. The highest BCUT2D eigenvalue weighted by Gasteiger charge is 2.20. The summed E-state index contributed by atoms with van der Waals surface area (Å²) in [4.78, 5) is 30.5. The zero-order valence-corrected chi connectivity index (χ0v) is 16.5. The topological polar surface area (TPSA) is 102 Å². The molecule has 0 unspecified atom stereocenters. The predicted molar refractivity (Wildman–Crippen MR) is 110 cm³/mol.